The first-order valence-electron chi connectivity index (χ1n) is 9.50. The predicted molar refractivity (Wildman–Crippen MR) is 99.0 cm³/mol. The number of ether oxygens (including phenoxy) is 2. The zero-order valence-corrected chi connectivity index (χ0v) is 15.7. The van der Waals surface area contributed by atoms with E-state index in [2.05, 4.69) is 13.8 Å². The van der Waals surface area contributed by atoms with Crippen LogP contribution in [0.2, 0.25) is 0 Å². The van der Waals surface area contributed by atoms with Gasteiger partial charge in [-0.25, -0.2) is 0 Å². The van der Waals surface area contributed by atoms with E-state index in [0.29, 0.717) is 12.5 Å². The monoisotopic (exact) mass is 348 g/mol. The van der Waals surface area contributed by atoms with Gasteiger partial charge in [0.15, 0.2) is 0 Å². The van der Waals surface area contributed by atoms with Gasteiger partial charge in [-0.05, 0) is 24.3 Å². The van der Waals surface area contributed by atoms with E-state index in [1.54, 1.807) is 0 Å². The normalized spacial score (nSPS) is 11.8. The van der Waals surface area contributed by atoms with Crippen LogP contribution in [0.25, 0.3) is 0 Å². The third kappa shape index (κ3) is 10.6. The second kappa shape index (κ2) is 13.5. The molecule has 0 radical (unpaired) electrons. The Labute approximate surface area is 151 Å². The molecule has 0 saturated carbocycles. The van der Waals surface area contributed by atoms with E-state index in [-0.39, 0.29) is 31.4 Å². The molecule has 0 heterocycles. The number of hydrogen-bond acceptors (Lipinski definition) is 4. The molecule has 0 aliphatic rings. The molecule has 4 nitrogen and oxygen atoms in total. The first-order valence-corrected chi connectivity index (χ1v) is 9.50. The molecule has 0 aliphatic carbocycles. The van der Waals surface area contributed by atoms with E-state index < -0.39 is 0 Å². The molecule has 140 valence electrons. The number of rotatable bonds is 13. The molecular weight excluding hydrogens is 316 g/mol. The molecule has 4 heteroatoms. The maximum absolute atomic E-state index is 11.8. The third-order valence-corrected chi connectivity index (χ3v) is 4.17. The first-order chi connectivity index (χ1) is 12.2. The van der Waals surface area contributed by atoms with Gasteiger partial charge in [-0.2, -0.15) is 0 Å². The first kappa shape index (κ1) is 21.2. The molecule has 0 spiro atoms. The molecule has 0 unspecified atom stereocenters. The molecule has 0 aromatic heterocycles. The summed E-state index contributed by atoms with van der Waals surface area (Å²) >= 11 is 0. The molecule has 1 rings (SSSR count). The maximum atomic E-state index is 11.8. The lowest BCUT2D eigenvalue weighted by molar-refractivity contribution is -0.151. The van der Waals surface area contributed by atoms with Crippen LogP contribution >= 0.6 is 0 Å². The topological polar surface area (TPSA) is 52.6 Å². The van der Waals surface area contributed by atoms with Gasteiger partial charge < -0.3 is 9.47 Å². The highest BCUT2D eigenvalue weighted by molar-refractivity contribution is 5.77. The zero-order valence-electron chi connectivity index (χ0n) is 15.7. The van der Waals surface area contributed by atoms with E-state index in [4.69, 9.17) is 9.47 Å². The minimum absolute atomic E-state index is 0.0694. The van der Waals surface area contributed by atoms with Crippen LogP contribution in [0.5, 0.6) is 0 Å². The van der Waals surface area contributed by atoms with Crippen molar-refractivity contribution in [3.8, 4) is 0 Å². The SMILES string of the molecule is CCCCC[C@H](CCC)COC(=O)CCC(=O)OCc1ccccc1. The van der Waals surface area contributed by atoms with Crippen LogP contribution in [0, 0.1) is 5.92 Å². The Morgan fingerprint density at radius 1 is 0.880 bits per heavy atom. The quantitative estimate of drug-likeness (QED) is 0.370. The summed E-state index contributed by atoms with van der Waals surface area (Å²) in [5, 5.41) is 0. The summed E-state index contributed by atoms with van der Waals surface area (Å²) in [6.07, 6.45) is 7.04. The van der Waals surface area contributed by atoms with Gasteiger partial charge >= 0.3 is 11.9 Å². The van der Waals surface area contributed by atoms with Gasteiger partial charge in [0.25, 0.3) is 0 Å². The number of esters is 2. The molecule has 0 saturated heterocycles. The van der Waals surface area contributed by atoms with Crippen molar-refractivity contribution in [3.05, 3.63) is 35.9 Å². The van der Waals surface area contributed by atoms with Crippen molar-refractivity contribution in [3.63, 3.8) is 0 Å². The van der Waals surface area contributed by atoms with Gasteiger partial charge in [0, 0.05) is 0 Å². The predicted octanol–water partition coefficient (Wildman–Crippen LogP) is 5.05. The molecule has 25 heavy (non-hydrogen) atoms. The van der Waals surface area contributed by atoms with Gasteiger partial charge in [0.05, 0.1) is 19.4 Å². The molecule has 0 amide bonds. The molecular formula is C21H32O4. The Bertz CT molecular complexity index is 484. The van der Waals surface area contributed by atoms with Crippen LogP contribution in [0.4, 0.5) is 0 Å². The average molecular weight is 348 g/mol. The lowest BCUT2D eigenvalue weighted by Crippen LogP contribution is -2.16. The third-order valence-electron chi connectivity index (χ3n) is 4.17. The molecule has 0 fully saturated rings. The van der Waals surface area contributed by atoms with Crippen LogP contribution in [-0.4, -0.2) is 18.5 Å². The molecule has 0 aliphatic heterocycles. The van der Waals surface area contributed by atoms with Gasteiger partial charge in [-0.1, -0.05) is 69.9 Å². The average Bonchev–Trinajstić information content (AvgIpc) is 2.63. The lowest BCUT2D eigenvalue weighted by atomic mass is 9.97. The van der Waals surface area contributed by atoms with Crippen LogP contribution in [-0.2, 0) is 25.7 Å². The Kier molecular flexibility index (Phi) is 11.4. The number of benzene rings is 1. The van der Waals surface area contributed by atoms with Crippen LogP contribution in [0.1, 0.15) is 70.8 Å². The Morgan fingerprint density at radius 3 is 2.20 bits per heavy atom. The number of carbonyl (C=O) groups is 2. The van der Waals surface area contributed by atoms with Gasteiger partial charge in [0.1, 0.15) is 6.61 Å². The van der Waals surface area contributed by atoms with Crippen molar-refractivity contribution in [2.24, 2.45) is 5.92 Å². The zero-order chi connectivity index (χ0) is 18.3. The van der Waals surface area contributed by atoms with Gasteiger partial charge in [0.2, 0.25) is 0 Å². The molecule has 0 bridgehead atoms. The van der Waals surface area contributed by atoms with Crippen molar-refractivity contribution < 1.29 is 19.1 Å². The summed E-state index contributed by atoms with van der Waals surface area (Å²) in [6, 6.07) is 9.50. The van der Waals surface area contributed by atoms with Crippen molar-refractivity contribution in [1.82, 2.24) is 0 Å². The van der Waals surface area contributed by atoms with E-state index in [0.717, 1.165) is 24.8 Å². The minimum Gasteiger partial charge on any atom is -0.465 e. The van der Waals surface area contributed by atoms with Crippen molar-refractivity contribution in [1.29, 1.82) is 0 Å². The van der Waals surface area contributed by atoms with Crippen LogP contribution < -0.4 is 0 Å². The van der Waals surface area contributed by atoms with Crippen molar-refractivity contribution in [2.75, 3.05) is 6.61 Å². The largest absolute Gasteiger partial charge is 0.465 e. The highest BCUT2D eigenvalue weighted by Gasteiger charge is 2.13. The summed E-state index contributed by atoms with van der Waals surface area (Å²) < 4.78 is 10.5. The molecule has 1 aromatic rings. The second-order valence-electron chi connectivity index (χ2n) is 6.48. The molecule has 0 N–H and O–H groups in total. The fourth-order valence-corrected chi connectivity index (χ4v) is 2.70. The van der Waals surface area contributed by atoms with E-state index in [9.17, 15) is 9.59 Å². The smallest absolute Gasteiger partial charge is 0.306 e. The van der Waals surface area contributed by atoms with Crippen LogP contribution in [0.3, 0.4) is 0 Å². The van der Waals surface area contributed by atoms with Crippen molar-refractivity contribution in [2.45, 2.75) is 71.8 Å². The molecule has 1 atom stereocenters. The number of carbonyl (C=O) groups excluding carboxylic acids is 2. The Hall–Kier alpha value is -1.84. The summed E-state index contributed by atoms with van der Waals surface area (Å²) in [5.74, 6) is -0.243. The number of unbranched alkanes of at least 4 members (excludes halogenated alkanes) is 2. The standard InChI is InChI=1S/C21H32O4/c1-3-5-7-11-18(10-4-2)16-24-20(22)14-15-21(23)25-17-19-12-8-6-9-13-19/h6,8-9,12-13,18H,3-5,7,10-11,14-17H2,1-2H3/t18-/m0/s1. The van der Waals surface area contributed by atoms with E-state index >= 15 is 0 Å². The fraction of sp³-hybridized carbons (Fsp3) is 0.619. The van der Waals surface area contributed by atoms with Gasteiger partial charge in [-0.3, -0.25) is 9.59 Å². The lowest BCUT2D eigenvalue weighted by Gasteiger charge is -2.16. The summed E-state index contributed by atoms with van der Waals surface area (Å²) in [4.78, 5) is 23.5. The highest BCUT2D eigenvalue weighted by Crippen LogP contribution is 2.16. The highest BCUT2D eigenvalue weighted by atomic mass is 16.5. The van der Waals surface area contributed by atoms with E-state index in [1.807, 2.05) is 30.3 Å². The Balaban J connectivity index is 2.18. The van der Waals surface area contributed by atoms with E-state index in [1.165, 1.54) is 19.3 Å². The number of hydrogen-bond donors (Lipinski definition) is 0. The summed E-state index contributed by atoms with van der Waals surface area (Å²) in [7, 11) is 0. The minimum atomic E-state index is -0.367. The molecule has 1 aromatic carbocycles. The second-order valence-corrected chi connectivity index (χ2v) is 6.48. The Morgan fingerprint density at radius 2 is 1.56 bits per heavy atom. The van der Waals surface area contributed by atoms with Gasteiger partial charge in [-0.15, -0.1) is 0 Å². The van der Waals surface area contributed by atoms with Crippen LogP contribution in [0.15, 0.2) is 30.3 Å². The van der Waals surface area contributed by atoms with Crippen molar-refractivity contribution >= 4 is 11.9 Å². The summed E-state index contributed by atoms with van der Waals surface area (Å²) in [5.41, 5.74) is 0.938. The maximum Gasteiger partial charge on any atom is 0.306 e. The summed E-state index contributed by atoms with van der Waals surface area (Å²) in [6.45, 7) is 5.04. The fourth-order valence-electron chi connectivity index (χ4n) is 2.70.